The molecule has 7 nitrogen and oxygen atoms in total. The zero-order valence-electron chi connectivity index (χ0n) is 23.6. The molecule has 208 valence electrons. The van der Waals surface area contributed by atoms with Crippen molar-refractivity contribution >= 4 is 27.5 Å². The predicted molar refractivity (Wildman–Crippen MR) is 157 cm³/mol. The van der Waals surface area contributed by atoms with E-state index in [1.807, 2.05) is 73.7 Å². The van der Waals surface area contributed by atoms with Gasteiger partial charge in [0.1, 0.15) is 12.6 Å². The van der Waals surface area contributed by atoms with Crippen molar-refractivity contribution in [2.45, 2.75) is 52.1 Å². The summed E-state index contributed by atoms with van der Waals surface area (Å²) in [6.45, 7) is 7.92. The highest BCUT2D eigenvalue weighted by Gasteiger charge is 2.33. The largest absolute Gasteiger partial charge is 0.357 e. The number of likely N-dealkylation sites (N-methyl/N-ethyl adjacent to an activating group) is 1. The van der Waals surface area contributed by atoms with Crippen LogP contribution in [-0.4, -0.2) is 51.0 Å². The maximum Gasteiger partial charge on any atom is 0.244 e. The third kappa shape index (κ3) is 7.93. The summed E-state index contributed by atoms with van der Waals surface area (Å²) in [5.41, 5.74) is 4.10. The lowest BCUT2D eigenvalue weighted by molar-refractivity contribution is -0.139. The van der Waals surface area contributed by atoms with Crippen molar-refractivity contribution < 1.29 is 18.0 Å². The van der Waals surface area contributed by atoms with Crippen molar-refractivity contribution in [1.82, 2.24) is 10.2 Å². The van der Waals surface area contributed by atoms with Gasteiger partial charge < -0.3 is 10.2 Å². The first-order valence-electron chi connectivity index (χ1n) is 13.0. The molecule has 0 saturated carbocycles. The van der Waals surface area contributed by atoms with Crippen LogP contribution in [0.5, 0.6) is 0 Å². The number of amides is 2. The van der Waals surface area contributed by atoms with Crippen molar-refractivity contribution in [2.24, 2.45) is 0 Å². The quantitative estimate of drug-likeness (QED) is 0.405. The summed E-state index contributed by atoms with van der Waals surface area (Å²) >= 11 is 0. The van der Waals surface area contributed by atoms with Gasteiger partial charge in [-0.1, -0.05) is 87.5 Å². The molecule has 0 saturated heterocycles. The van der Waals surface area contributed by atoms with Crippen molar-refractivity contribution in [3.05, 3.63) is 101 Å². The first kappa shape index (κ1) is 29.9. The highest BCUT2D eigenvalue weighted by molar-refractivity contribution is 7.92. The molecule has 0 aliphatic rings. The smallest absolute Gasteiger partial charge is 0.244 e. The average molecular weight is 550 g/mol. The molecule has 0 bridgehead atoms. The van der Waals surface area contributed by atoms with Gasteiger partial charge in [-0.25, -0.2) is 8.42 Å². The second-order valence-electron chi connectivity index (χ2n) is 10.8. The lowest BCUT2D eigenvalue weighted by Crippen LogP contribution is -2.53. The van der Waals surface area contributed by atoms with Crippen LogP contribution in [0.1, 0.15) is 43.0 Å². The van der Waals surface area contributed by atoms with E-state index < -0.39 is 28.5 Å². The number of nitrogens with one attached hydrogen (secondary N) is 1. The molecule has 3 aromatic carbocycles. The lowest BCUT2D eigenvalue weighted by atomic mass is 9.87. The van der Waals surface area contributed by atoms with E-state index in [1.165, 1.54) is 11.9 Å². The molecule has 8 heteroatoms. The van der Waals surface area contributed by atoms with Crippen LogP contribution in [0.25, 0.3) is 0 Å². The summed E-state index contributed by atoms with van der Waals surface area (Å²) in [6, 6.07) is 23.5. The Morgan fingerprint density at radius 2 is 1.49 bits per heavy atom. The van der Waals surface area contributed by atoms with Crippen LogP contribution < -0.4 is 9.62 Å². The maximum atomic E-state index is 14.0. The number of rotatable bonds is 10. The summed E-state index contributed by atoms with van der Waals surface area (Å²) < 4.78 is 26.9. The third-order valence-electron chi connectivity index (χ3n) is 6.82. The SMILES string of the molecule is CNC(=O)[C@H](Cc1ccccc1)N(Cc1ccccc1C)C(=O)CN(c1ccc(C(C)(C)C)cc1)S(C)(=O)=O. The number of anilines is 1. The molecule has 2 amide bonds. The molecule has 3 aromatic rings. The van der Waals surface area contributed by atoms with E-state index in [0.717, 1.165) is 32.8 Å². The topological polar surface area (TPSA) is 86.8 Å². The molecule has 0 aliphatic carbocycles. The van der Waals surface area contributed by atoms with Crippen LogP contribution in [0.15, 0.2) is 78.9 Å². The summed E-state index contributed by atoms with van der Waals surface area (Å²) in [4.78, 5) is 28.7. The molecule has 39 heavy (non-hydrogen) atoms. The van der Waals surface area contributed by atoms with Crippen LogP contribution in [0.2, 0.25) is 0 Å². The van der Waals surface area contributed by atoms with Gasteiger partial charge in [0.2, 0.25) is 21.8 Å². The van der Waals surface area contributed by atoms with Crippen molar-refractivity contribution in [1.29, 1.82) is 0 Å². The molecule has 0 spiro atoms. The number of sulfonamides is 1. The van der Waals surface area contributed by atoms with Gasteiger partial charge >= 0.3 is 0 Å². The molecule has 1 N–H and O–H groups in total. The van der Waals surface area contributed by atoms with Crippen molar-refractivity contribution in [3.63, 3.8) is 0 Å². The molecule has 0 unspecified atom stereocenters. The lowest BCUT2D eigenvalue weighted by Gasteiger charge is -2.33. The Hall–Kier alpha value is -3.65. The molecule has 0 heterocycles. The van der Waals surface area contributed by atoms with Gasteiger partial charge in [-0.2, -0.15) is 0 Å². The number of hydrogen-bond acceptors (Lipinski definition) is 4. The van der Waals surface area contributed by atoms with Gasteiger partial charge in [0, 0.05) is 20.0 Å². The average Bonchev–Trinajstić information content (AvgIpc) is 2.89. The number of benzene rings is 3. The zero-order chi connectivity index (χ0) is 28.8. The predicted octanol–water partition coefficient (Wildman–Crippen LogP) is 4.44. The molecule has 0 aliphatic heterocycles. The molecular formula is C31H39N3O4S. The number of aryl methyl sites for hydroxylation is 1. The van der Waals surface area contributed by atoms with Gasteiger partial charge in [0.15, 0.2) is 0 Å². The second kappa shape index (κ2) is 12.5. The van der Waals surface area contributed by atoms with Crippen LogP contribution in [-0.2, 0) is 38.0 Å². The Kier molecular flexibility index (Phi) is 9.56. The van der Waals surface area contributed by atoms with Gasteiger partial charge in [0.05, 0.1) is 11.9 Å². The van der Waals surface area contributed by atoms with E-state index in [0.29, 0.717) is 5.69 Å². The minimum absolute atomic E-state index is 0.104. The van der Waals surface area contributed by atoms with Gasteiger partial charge in [0.25, 0.3) is 0 Å². The first-order chi connectivity index (χ1) is 18.3. The van der Waals surface area contributed by atoms with Crippen molar-refractivity contribution in [2.75, 3.05) is 24.2 Å². The summed E-state index contributed by atoms with van der Waals surface area (Å²) in [5.74, 6) is -0.783. The van der Waals surface area contributed by atoms with Gasteiger partial charge in [-0.05, 0) is 46.7 Å². The molecule has 0 fully saturated rings. The number of carbonyl (C=O) groups excluding carboxylic acids is 2. The van der Waals surface area contributed by atoms with Crippen molar-refractivity contribution in [3.8, 4) is 0 Å². The summed E-state index contributed by atoms with van der Waals surface area (Å²) in [5, 5.41) is 2.69. The van der Waals surface area contributed by atoms with Crippen LogP contribution in [0.4, 0.5) is 5.69 Å². The van der Waals surface area contributed by atoms with Crippen LogP contribution in [0, 0.1) is 6.92 Å². The summed E-state index contributed by atoms with van der Waals surface area (Å²) in [6.07, 6.45) is 1.38. The van der Waals surface area contributed by atoms with E-state index >= 15 is 0 Å². The fourth-order valence-corrected chi connectivity index (χ4v) is 5.28. The normalized spacial score (nSPS) is 12.5. The number of hydrogen-bond donors (Lipinski definition) is 1. The molecule has 1 atom stereocenters. The third-order valence-corrected chi connectivity index (χ3v) is 7.96. The van der Waals surface area contributed by atoms with Gasteiger partial charge in [-0.3, -0.25) is 13.9 Å². The van der Waals surface area contributed by atoms with Crippen LogP contribution in [0.3, 0.4) is 0 Å². The fraction of sp³-hybridized carbons (Fsp3) is 0.355. The minimum atomic E-state index is -3.80. The molecule has 0 radical (unpaired) electrons. The fourth-order valence-electron chi connectivity index (χ4n) is 4.43. The maximum absolute atomic E-state index is 14.0. The Balaban J connectivity index is 2.03. The van der Waals surface area contributed by atoms with E-state index in [4.69, 9.17) is 0 Å². The Morgan fingerprint density at radius 3 is 2.03 bits per heavy atom. The van der Waals surface area contributed by atoms with Gasteiger partial charge in [-0.15, -0.1) is 0 Å². The highest BCUT2D eigenvalue weighted by atomic mass is 32.2. The Morgan fingerprint density at radius 1 is 0.897 bits per heavy atom. The second-order valence-corrected chi connectivity index (χ2v) is 12.7. The van der Waals surface area contributed by atoms with E-state index in [2.05, 4.69) is 26.1 Å². The van der Waals surface area contributed by atoms with Crippen LogP contribution >= 0.6 is 0 Å². The van der Waals surface area contributed by atoms with E-state index in [-0.39, 0.29) is 24.3 Å². The monoisotopic (exact) mass is 549 g/mol. The molecule has 0 aromatic heterocycles. The number of nitrogens with zero attached hydrogens (tertiary/aromatic N) is 2. The Labute approximate surface area is 232 Å². The Bertz CT molecular complexity index is 1380. The molecular weight excluding hydrogens is 510 g/mol. The standard InChI is InChI=1S/C31H39N3O4S/c1-23-12-10-11-15-25(23)21-33(28(30(36)32-5)20-24-13-8-7-9-14-24)29(35)22-34(39(6,37)38)27-18-16-26(17-19-27)31(2,3)4/h7-19,28H,20-22H2,1-6H3,(H,32,36)/t28-/m0/s1. The number of carbonyl (C=O) groups is 2. The molecule has 3 rings (SSSR count). The van der Waals surface area contributed by atoms with E-state index in [1.54, 1.807) is 12.1 Å². The minimum Gasteiger partial charge on any atom is -0.357 e. The van der Waals surface area contributed by atoms with E-state index in [9.17, 15) is 18.0 Å². The highest BCUT2D eigenvalue weighted by Crippen LogP contribution is 2.26. The first-order valence-corrected chi connectivity index (χ1v) is 14.8. The zero-order valence-corrected chi connectivity index (χ0v) is 24.5. The summed E-state index contributed by atoms with van der Waals surface area (Å²) in [7, 11) is -2.26.